The van der Waals surface area contributed by atoms with Gasteiger partial charge in [-0.15, -0.1) is 0 Å². The summed E-state index contributed by atoms with van der Waals surface area (Å²) in [6, 6.07) is 3.91. The molecule has 3 N–H and O–H groups in total. The molecule has 0 spiro atoms. The monoisotopic (exact) mass is 339 g/mol. The van der Waals surface area contributed by atoms with Gasteiger partial charge in [-0.1, -0.05) is 6.42 Å². The maximum Gasteiger partial charge on any atom is 0.163 e. The molecule has 1 saturated carbocycles. The molecule has 0 radical (unpaired) electrons. The van der Waals surface area contributed by atoms with E-state index in [1.165, 1.54) is 12.0 Å². The van der Waals surface area contributed by atoms with Gasteiger partial charge in [-0.2, -0.15) is 0 Å². The number of hydrogen-bond acceptors (Lipinski definition) is 6. The van der Waals surface area contributed by atoms with Crippen molar-refractivity contribution < 1.29 is 5.11 Å². The minimum absolute atomic E-state index is 0.0231. The molecule has 6 heteroatoms. The highest BCUT2D eigenvalue weighted by Gasteiger charge is 2.36. The third kappa shape index (κ3) is 3.37. The first-order valence-corrected chi connectivity index (χ1v) is 9.15. The van der Waals surface area contributed by atoms with E-state index < -0.39 is 0 Å². The molecular formula is C19H25N5O. The van der Waals surface area contributed by atoms with E-state index in [1.807, 2.05) is 18.3 Å². The molecule has 6 nitrogen and oxygen atoms in total. The van der Waals surface area contributed by atoms with Crippen molar-refractivity contribution in [3.63, 3.8) is 0 Å². The Hall–Kier alpha value is -2.05. The van der Waals surface area contributed by atoms with Gasteiger partial charge in [0.2, 0.25) is 0 Å². The molecule has 0 atom stereocenters. The van der Waals surface area contributed by atoms with Crippen LogP contribution in [0.2, 0.25) is 0 Å². The Morgan fingerprint density at radius 1 is 1.20 bits per heavy atom. The minimum atomic E-state index is 0.0231. The summed E-state index contributed by atoms with van der Waals surface area (Å²) < 4.78 is 0. The van der Waals surface area contributed by atoms with Crippen molar-refractivity contribution in [1.29, 1.82) is 0 Å². The molecule has 3 heterocycles. The van der Waals surface area contributed by atoms with Crippen molar-refractivity contribution in [3.8, 4) is 11.4 Å². The third-order valence-electron chi connectivity index (χ3n) is 5.48. The highest BCUT2D eigenvalue weighted by atomic mass is 16.3. The summed E-state index contributed by atoms with van der Waals surface area (Å²) in [6.07, 6.45) is 8.78. The normalized spacial score (nSPS) is 18.8. The zero-order chi connectivity index (χ0) is 17.1. The number of aliphatic hydroxyl groups is 1. The second-order valence-corrected chi connectivity index (χ2v) is 7.18. The van der Waals surface area contributed by atoms with Crippen LogP contribution in [0.15, 0.2) is 24.5 Å². The molecule has 0 unspecified atom stereocenters. The van der Waals surface area contributed by atoms with Crippen LogP contribution in [0.1, 0.15) is 30.5 Å². The minimum Gasteiger partial charge on any atom is -0.396 e. The Morgan fingerprint density at radius 3 is 2.80 bits per heavy atom. The fourth-order valence-electron chi connectivity index (χ4n) is 3.65. The molecule has 2 aliphatic rings. The summed E-state index contributed by atoms with van der Waals surface area (Å²) in [5.41, 5.74) is 3.29. The number of hydrogen-bond donors (Lipinski definition) is 3. The molecule has 0 saturated heterocycles. The Labute approximate surface area is 148 Å². The van der Waals surface area contributed by atoms with E-state index >= 15 is 0 Å². The molecule has 25 heavy (non-hydrogen) atoms. The maximum atomic E-state index is 9.74. The van der Waals surface area contributed by atoms with Crippen molar-refractivity contribution >= 4 is 5.82 Å². The largest absolute Gasteiger partial charge is 0.396 e. The second kappa shape index (κ2) is 7.06. The van der Waals surface area contributed by atoms with E-state index in [0.717, 1.165) is 68.2 Å². The maximum absolute atomic E-state index is 9.74. The molecule has 1 aliphatic heterocycles. The molecule has 132 valence electrons. The average Bonchev–Trinajstić information content (AvgIpc) is 2.87. The fourth-order valence-corrected chi connectivity index (χ4v) is 3.65. The van der Waals surface area contributed by atoms with Crippen LogP contribution in [0.3, 0.4) is 0 Å². The van der Waals surface area contributed by atoms with Gasteiger partial charge in [-0.3, -0.25) is 4.98 Å². The Balaban J connectivity index is 1.67. The van der Waals surface area contributed by atoms with Crippen molar-refractivity contribution in [2.24, 2.45) is 5.41 Å². The number of aromatic nitrogens is 3. The topological polar surface area (TPSA) is 83.0 Å². The van der Waals surface area contributed by atoms with Gasteiger partial charge in [-0.25, -0.2) is 9.97 Å². The average molecular weight is 339 g/mol. The van der Waals surface area contributed by atoms with Gasteiger partial charge >= 0.3 is 0 Å². The molecule has 1 aliphatic carbocycles. The quantitative estimate of drug-likeness (QED) is 0.770. The summed E-state index contributed by atoms with van der Waals surface area (Å²) in [5, 5.41) is 16.7. The van der Waals surface area contributed by atoms with Crippen molar-refractivity contribution in [2.45, 2.75) is 32.1 Å². The summed E-state index contributed by atoms with van der Waals surface area (Å²) in [7, 11) is 0. The van der Waals surface area contributed by atoms with Gasteiger partial charge in [0, 0.05) is 48.4 Å². The van der Waals surface area contributed by atoms with Crippen LogP contribution in [0.25, 0.3) is 11.4 Å². The molecule has 0 amide bonds. The van der Waals surface area contributed by atoms with E-state index in [-0.39, 0.29) is 12.0 Å². The Kier molecular flexibility index (Phi) is 4.63. The summed E-state index contributed by atoms with van der Waals surface area (Å²) in [4.78, 5) is 13.8. The smallest absolute Gasteiger partial charge is 0.163 e. The van der Waals surface area contributed by atoms with Gasteiger partial charge < -0.3 is 15.7 Å². The van der Waals surface area contributed by atoms with Gasteiger partial charge in [0.25, 0.3) is 0 Å². The van der Waals surface area contributed by atoms with Crippen LogP contribution in [0.5, 0.6) is 0 Å². The van der Waals surface area contributed by atoms with E-state index in [9.17, 15) is 5.11 Å². The first kappa shape index (κ1) is 16.4. The predicted molar refractivity (Wildman–Crippen MR) is 97.4 cm³/mol. The van der Waals surface area contributed by atoms with Crippen molar-refractivity contribution in [2.75, 3.05) is 31.6 Å². The van der Waals surface area contributed by atoms with E-state index in [1.54, 1.807) is 6.20 Å². The number of pyridine rings is 1. The molecule has 0 aromatic carbocycles. The Bertz CT molecular complexity index is 725. The van der Waals surface area contributed by atoms with Crippen LogP contribution >= 0.6 is 0 Å². The third-order valence-corrected chi connectivity index (χ3v) is 5.48. The van der Waals surface area contributed by atoms with Crippen LogP contribution < -0.4 is 10.6 Å². The highest BCUT2D eigenvalue weighted by Crippen LogP contribution is 2.40. The molecular weight excluding hydrogens is 314 g/mol. The number of nitrogens with one attached hydrogen (secondary N) is 2. The van der Waals surface area contributed by atoms with E-state index in [2.05, 4.69) is 15.6 Å². The number of anilines is 1. The predicted octanol–water partition coefficient (Wildman–Crippen LogP) is 1.80. The van der Waals surface area contributed by atoms with Crippen LogP contribution in [0.4, 0.5) is 5.82 Å². The molecule has 2 aromatic rings. The lowest BCUT2D eigenvalue weighted by Crippen LogP contribution is -2.40. The number of aliphatic hydroxyl groups excluding tert-OH is 1. The molecule has 4 rings (SSSR count). The SMILES string of the molecule is OCC1(CNc2nc(-c3cccnc3)nc3c2CCNCC3)CCC1. The Morgan fingerprint density at radius 2 is 2.08 bits per heavy atom. The lowest BCUT2D eigenvalue weighted by atomic mass is 9.69. The van der Waals surface area contributed by atoms with Crippen molar-refractivity contribution in [1.82, 2.24) is 20.3 Å². The van der Waals surface area contributed by atoms with E-state index in [0.29, 0.717) is 0 Å². The number of nitrogens with zero attached hydrogens (tertiary/aromatic N) is 3. The zero-order valence-corrected chi connectivity index (χ0v) is 14.5. The number of rotatable bonds is 5. The van der Waals surface area contributed by atoms with E-state index in [4.69, 9.17) is 9.97 Å². The summed E-state index contributed by atoms with van der Waals surface area (Å²) >= 11 is 0. The lowest BCUT2D eigenvalue weighted by Gasteiger charge is -2.40. The summed E-state index contributed by atoms with van der Waals surface area (Å²) in [6.45, 7) is 2.90. The molecule has 1 fully saturated rings. The number of fused-ring (bicyclic) bond motifs is 1. The summed E-state index contributed by atoms with van der Waals surface area (Å²) in [5.74, 6) is 1.65. The highest BCUT2D eigenvalue weighted by molar-refractivity contribution is 5.59. The second-order valence-electron chi connectivity index (χ2n) is 7.18. The van der Waals surface area contributed by atoms with Gasteiger partial charge in [0.05, 0.1) is 12.3 Å². The first-order valence-electron chi connectivity index (χ1n) is 9.15. The molecule has 0 bridgehead atoms. The van der Waals surface area contributed by atoms with Crippen LogP contribution in [-0.2, 0) is 12.8 Å². The van der Waals surface area contributed by atoms with Gasteiger partial charge in [-0.05, 0) is 37.9 Å². The lowest BCUT2D eigenvalue weighted by molar-refractivity contribution is 0.0575. The van der Waals surface area contributed by atoms with Gasteiger partial charge in [0.15, 0.2) is 5.82 Å². The standard InChI is InChI=1S/C19H25N5O/c25-13-19(6-2-7-19)12-22-18-15-4-9-20-10-5-16(15)23-17(24-18)14-3-1-8-21-11-14/h1,3,8,11,20,25H,2,4-7,9-10,12-13H2,(H,22,23,24). The van der Waals surface area contributed by atoms with Gasteiger partial charge in [0.1, 0.15) is 5.82 Å². The van der Waals surface area contributed by atoms with Crippen molar-refractivity contribution in [3.05, 3.63) is 35.8 Å². The molecule has 2 aromatic heterocycles. The van der Waals surface area contributed by atoms with Crippen LogP contribution in [-0.4, -0.2) is 46.3 Å². The first-order chi connectivity index (χ1) is 12.3. The fraction of sp³-hybridized carbons (Fsp3) is 0.526. The van der Waals surface area contributed by atoms with Crippen LogP contribution in [0, 0.1) is 5.41 Å². The zero-order valence-electron chi connectivity index (χ0n) is 14.5.